The van der Waals surface area contributed by atoms with E-state index in [2.05, 4.69) is 5.32 Å². The van der Waals surface area contributed by atoms with Crippen LogP contribution >= 0.6 is 0 Å². The number of rotatable bonds is 5. The standard InChI is InChI=1S/C16H14N2O4/c1-21-12-8-5-9-13-14(12)15(16(22-13)18(19)20)17-10-11-6-3-2-4-7-11/h2-9,17H,10H2,1H3. The summed E-state index contributed by atoms with van der Waals surface area (Å²) in [6, 6.07) is 14.8. The summed E-state index contributed by atoms with van der Waals surface area (Å²) < 4.78 is 10.6. The lowest BCUT2D eigenvalue weighted by atomic mass is 10.2. The molecule has 1 N–H and O–H groups in total. The van der Waals surface area contributed by atoms with E-state index in [0.29, 0.717) is 29.0 Å². The number of nitro groups is 1. The highest BCUT2D eigenvalue weighted by molar-refractivity contribution is 6.00. The van der Waals surface area contributed by atoms with Crippen LogP contribution in [0.2, 0.25) is 0 Å². The second-order valence-corrected chi connectivity index (χ2v) is 4.71. The Labute approximate surface area is 126 Å². The van der Waals surface area contributed by atoms with E-state index < -0.39 is 4.92 Å². The van der Waals surface area contributed by atoms with Crippen LogP contribution in [0.1, 0.15) is 5.56 Å². The van der Waals surface area contributed by atoms with Gasteiger partial charge in [-0.3, -0.25) is 10.1 Å². The summed E-state index contributed by atoms with van der Waals surface area (Å²) in [5, 5.41) is 14.9. The van der Waals surface area contributed by atoms with Crippen LogP contribution in [-0.4, -0.2) is 12.0 Å². The highest BCUT2D eigenvalue weighted by Crippen LogP contribution is 2.41. The molecule has 0 spiro atoms. The Bertz CT molecular complexity index is 812. The molecular weight excluding hydrogens is 284 g/mol. The van der Waals surface area contributed by atoms with Gasteiger partial charge in [0.05, 0.1) is 12.5 Å². The van der Waals surface area contributed by atoms with Crippen LogP contribution in [0.5, 0.6) is 5.75 Å². The molecule has 3 rings (SSSR count). The fourth-order valence-corrected chi connectivity index (χ4v) is 2.35. The first-order chi connectivity index (χ1) is 10.7. The van der Waals surface area contributed by atoms with Crippen LogP contribution in [0.15, 0.2) is 52.9 Å². The van der Waals surface area contributed by atoms with Crippen LogP contribution in [0.3, 0.4) is 0 Å². The van der Waals surface area contributed by atoms with Crippen LogP contribution in [0.4, 0.5) is 11.6 Å². The summed E-state index contributed by atoms with van der Waals surface area (Å²) in [6.45, 7) is 0.453. The van der Waals surface area contributed by atoms with Crippen LogP contribution in [0.25, 0.3) is 11.0 Å². The number of ether oxygens (including phenoxy) is 1. The van der Waals surface area contributed by atoms with Gasteiger partial charge in [-0.2, -0.15) is 0 Å². The summed E-state index contributed by atoms with van der Waals surface area (Å²) in [4.78, 5) is 10.7. The Morgan fingerprint density at radius 3 is 2.64 bits per heavy atom. The Hall–Kier alpha value is -3.02. The third-order valence-corrected chi connectivity index (χ3v) is 3.36. The molecule has 0 atom stereocenters. The predicted molar refractivity (Wildman–Crippen MR) is 83.2 cm³/mol. The molecule has 0 amide bonds. The molecule has 1 aromatic heterocycles. The zero-order chi connectivity index (χ0) is 15.5. The van der Waals surface area contributed by atoms with E-state index in [9.17, 15) is 10.1 Å². The molecule has 112 valence electrons. The lowest BCUT2D eigenvalue weighted by molar-refractivity contribution is -0.400. The number of hydrogen-bond donors (Lipinski definition) is 1. The molecule has 0 fully saturated rings. The Kier molecular flexibility index (Phi) is 3.65. The van der Waals surface area contributed by atoms with E-state index in [0.717, 1.165) is 5.56 Å². The van der Waals surface area contributed by atoms with Gasteiger partial charge in [0.25, 0.3) is 0 Å². The molecule has 0 unspecified atom stereocenters. The fourth-order valence-electron chi connectivity index (χ4n) is 2.35. The average Bonchev–Trinajstić information content (AvgIpc) is 2.93. The lowest BCUT2D eigenvalue weighted by Gasteiger charge is -2.06. The zero-order valence-electron chi connectivity index (χ0n) is 11.9. The van der Waals surface area contributed by atoms with Gasteiger partial charge in [-0.15, -0.1) is 0 Å². The van der Waals surface area contributed by atoms with Crippen molar-refractivity contribution in [2.75, 3.05) is 12.4 Å². The second-order valence-electron chi connectivity index (χ2n) is 4.71. The molecule has 0 radical (unpaired) electrons. The second kappa shape index (κ2) is 5.77. The SMILES string of the molecule is COc1cccc2oc([N+](=O)[O-])c(NCc3ccccc3)c12. The molecule has 0 saturated carbocycles. The Morgan fingerprint density at radius 1 is 1.18 bits per heavy atom. The third-order valence-electron chi connectivity index (χ3n) is 3.36. The van der Waals surface area contributed by atoms with Gasteiger partial charge >= 0.3 is 5.88 Å². The molecule has 0 aliphatic carbocycles. The molecule has 22 heavy (non-hydrogen) atoms. The first-order valence-electron chi connectivity index (χ1n) is 6.72. The minimum absolute atomic E-state index is 0.310. The largest absolute Gasteiger partial charge is 0.496 e. The first kappa shape index (κ1) is 13.9. The van der Waals surface area contributed by atoms with E-state index in [1.165, 1.54) is 7.11 Å². The molecule has 2 aromatic carbocycles. The van der Waals surface area contributed by atoms with Crippen molar-refractivity contribution >= 4 is 22.5 Å². The maximum atomic E-state index is 11.2. The van der Waals surface area contributed by atoms with E-state index >= 15 is 0 Å². The number of methoxy groups -OCH3 is 1. The van der Waals surface area contributed by atoms with Crippen molar-refractivity contribution in [2.45, 2.75) is 6.54 Å². The highest BCUT2D eigenvalue weighted by atomic mass is 16.6. The number of anilines is 1. The van der Waals surface area contributed by atoms with Crippen molar-refractivity contribution in [1.29, 1.82) is 0 Å². The molecule has 0 aliphatic rings. The minimum Gasteiger partial charge on any atom is -0.496 e. The van der Waals surface area contributed by atoms with Crippen molar-refractivity contribution in [2.24, 2.45) is 0 Å². The van der Waals surface area contributed by atoms with Crippen molar-refractivity contribution in [3.8, 4) is 5.75 Å². The Morgan fingerprint density at radius 2 is 1.95 bits per heavy atom. The highest BCUT2D eigenvalue weighted by Gasteiger charge is 2.26. The summed E-state index contributed by atoms with van der Waals surface area (Å²) >= 11 is 0. The van der Waals surface area contributed by atoms with Crippen molar-refractivity contribution in [3.05, 3.63) is 64.2 Å². The van der Waals surface area contributed by atoms with E-state index in [1.54, 1.807) is 18.2 Å². The monoisotopic (exact) mass is 298 g/mol. The molecule has 0 aliphatic heterocycles. The number of nitrogens with zero attached hydrogens (tertiary/aromatic N) is 1. The minimum atomic E-state index is -0.535. The molecular formula is C16H14N2O4. The zero-order valence-corrected chi connectivity index (χ0v) is 11.9. The number of furan rings is 1. The van der Waals surface area contributed by atoms with Crippen molar-refractivity contribution in [1.82, 2.24) is 0 Å². The van der Waals surface area contributed by atoms with Gasteiger partial charge in [-0.05, 0) is 17.7 Å². The molecule has 0 bridgehead atoms. The summed E-state index contributed by atoms with van der Waals surface area (Å²) in [7, 11) is 1.52. The van der Waals surface area contributed by atoms with Gasteiger partial charge < -0.3 is 14.5 Å². The van der Waals surface area contributed by atoms with Gasteiger partial charge in [0.2, 0.25) is 0 Å². The summed E-state index contributed by atoms with van der Waals surface area (Å²) in [6.07, 6.45) is 0. The van der Waals surface area contributed by atoms with Crippen LogP contribution in [-0.2, 0) is 6.54 Å². The number of nitrogens with one attached hydrogen (secondary N) is 1. The smallest absolute Gasteiger partial charge is 0.457 e. The molecule has 3 aromatic rings. The molecule has 6 nitrogen and oxygen atoms in total. The predicted octanol–water partition coefficient (Wildman–Crippen LogP) is 3.96. The van der Waals surface area contributed by atoms with Gasteiger partial charge in [0, 0.05) is 6.54 Å². The topological polar surface area (TPSA) is 77.5 Å². The van der Waals surface area contributed by atoms with Gasteiger partial charge in [0.1, 0.15) is 16.3 Å². The van der Waals surface area contributed by atoms with Crippen molar-refractivity contribution in [3.63, 3.8) is 0 Å². The summed E-state index contributed by atoms with van der Waals surface area (Å²) in [5.74, 6) is 0.223. The first-order valence-corrected chi connectivity index (χ1v) is 6.72. The quantitative estimate of drug-likeness (QED) is 0.569. The molecule has 0 saturated heterocycles. The van der Waals surface area contributed by atoms with Gasteiger partial charge in [0.15, 0.2) is 5.69 Å². The molecule has 1 heterocycles. The number of benzene rings is 2. The number of hydrogen-bond acceptors (Lipinski definition) is 5. The lowest BCUT2D eigenvalue weighted by Crippen LogP contribution is -2.01. The molecule has 6 heteroatoms. The van der Waals surface area contributed by atoms with Gasteiger partial charge in [-0.1, -0.05) is 36.4 Å². The van der Waals surface area contributed by atoms with E-state index in [-0.39, 0.29) is 5.88 Å². The normalized spacial score (nSPS) is 10.6. The van der Waals surface area contributed by atoms with Crippen LogP contribution < -0.4 is 10.1 Å². The average molecular weight is 298 g/mol. The van der Waals surface area contributed by atoms with Crippen molar-refractivity contribution < 1.29 is 14.1 Å². The Balaban J connectivity index is 2.05. The maximum Gasteiger partial charge on any atom is 0.457 e. The fraction of sp³-hybridized carbons (Fsp3) is 0.125. The van der Waals surface area contributed by atoms with E-state index in [1.807, 2.05) is 30.3 Å². The number of fused-ring (bicyclic) bond motifs is 1. The maximum absolute atomic E-state index is 11.2. The third kappa shape index (κ3) is 2.46. The van der Waals surface area contributed by atoms with E-state index in [4.69, 9.17) is 9.15 Å². The van der Waals surface area contributed by atoms with Gasteiger partial charge in [-0.25, -0.2) is 0 Å². The van der Waals surface area contributed by atoms with Crippen LogP contribution in [0, 0.1) is 10.1 Å². The summed E-state index contributed by atoms with van der Waals surface area (Å²) in [5.41, 5.74) is 1.77.